The molecule has 0 rings (SSSR count). The van der Waals surface area contributed by atoms with Crippen molar-refractivity contribution in [2.75, 3.05) is 13.1 Å². The summed E-state index contributed by atoms with van der Waals surface area (Å²) in [7, 11) is 0. The summed E-state index contributed by atoms with van der Waals surface area (Å²) in [6.45, 7) is 3.73. The van der Waals surface area contributed by atoms with Gasteiger partial charge in [-0.15, -0.1) is 0 Å². The molecule has 0 aromatic carbocycles. The Balaban J connectivity index is 4.22. The molecular weight excluding hydrogens is 176 g/mol. The number of nitrogens with zero attached hydrogens (tertiary/aromatic N) is 1. The first-order chi connectivity index (χ1) is 4.93. The van der Waals surface area contributed by atoms with E-state index in [4.69, 9.17) is 0 Å². The summed E-state index contributed by atoms with van der Waals surface area (Å²) in [5, 5.41) is -3.76. The largest absolute Gasteiger partial charge is 0.399 e. The standard InChI is InChI=1S/C6H10ClF2NO/c1-3-10(4-2)5(11)6(7,8)9/h3-4H2,1-2H3. The first-order valence-corrected chi connectivity index (χ1v) is 3.67. The lowest BCUT2D eigenvalue weighted by Gasteiger charge is -2.20. The van der Waals surface area contributed by atoms with E-state index in [1.807, 2.05) is 0 Å². The van der Waals surface area contributed by atoms with Crippen LogP contribution in [0.2, 0.25) is 0 Å². The van der Waals surface area contributed by atoms with Gasteiger partial charge in [-0.3, -0.25) is 4.79 Å². The highest BCUT2D eigenvalue weighted by atomic mass is 35.5. The van der Waals surface area contributed by atoms with Crippen LogP contribution in [-0.2, 0) is 4.79 Å². The molecule has 11 heavy (non-hydrogen) atoms. The first-order valence-electron chi connectivity index (χ1n) is 3.29. The molecule has 0 bridgehead atoms. The topological polar surface area (TPSA) is 20.3 Å². The second kappa shape index (κ2) is 3.85. The predicted octanol–water partition coefficient (Wildman–Crippen LogP) is 1.69. The fourth-order valence-electron chi connectivity index (χ4n) is 0.690. The molecule has 0 aromatic heterocycles. The van der Waals surface area contributed by atoms with Crippen molar-refractivity contribution in [3.8, 4) is 0 Å². The third kappa shape index (κ3) is 3.01. The van der Waals surface area contributed by atoms with Gasteiger partial charge in [-0.2, -0.15) is 8.78 Å². The molecular formula is C6H10ClF2NO. The highest BCUT2D eigenvalue weighted by Gasteiger charge is 2.38. The summed E-state index contributed by atoms with van der Waals surface area (Å²) in [6.07, 6.45) is 0. The Kier molecular flexibility index (Phi) is 3.72. The van der Waals surface area contributed by atoms with Gasteiger partial charge in [0, 0.05) is 13.1 Å². The van der Waals surface area contributed by atoms with Crippen LogP contribution in [-0.4, -0.2) is 29.3 Å². The van der Waals surface area contributed by atoms with Crippen LogP contribution in [0, 0.1) is 0 Å². The van der Waals surface area contributed by atoms with Crippen molar-refractivity contribution >= 4 is 17.5 Å². The molecule has 0 saturated carbocycles. The number of carbonyl (C=O) groups excluding carboxylic acids is 1. The summed E-state index contributed by atoms with van der Waals surface area (Å²) in [5.41, 5.74) is 0. The Morgan fingerprint density at radius 3 is 1.91 bits per heavy atom. The van der Waals surface area contributed by atoms with Crippen molar-refractivity contribution in [3.05, 3.63) is 0 Å². The molecule has 1 amide bonds. The number of amides is 1. The number of alkyl halides is 3. The number of hydrogen-bond acceptors (Lipinski definition) is 1. The van der Waals surface area contributed by atoms with Crippen molar-refractivity contribution in [1.82, 2.24) is 4.90 Å². The molecule has 0 fully saturated rings. The van der Waals surface area contributed by atoms with Gasteiger partial charge in [0.2, 0.25) is 0 Å². The summed E-state index contributed by atoms with van der Waals surface area (Å²) in [5.74, 6) is -1.33. The average molecular weight is 186 g/mol. The van der Waals surface area contributed by atoms with Crippen LogP contribution in [0.15, 0.2) is 0 Å². The molecule has 0 radical (unpaired) electrons. The Labute approximate surface area is 69.1 Å². The minimum atomic E-state index is -3.76. The van der Waals surface area contributed by atoms with Gasteiger partial charge in [0.25, 0.3) is 0 Å². The molecule has 0 aliphatic heterocycles. The van der Waals surface area contributed by atoms with Gasteiger partial charge in [0.15, 0.2) is 0 Å². The SMILES string of the molecule is CCN(CC)C(=O)C(F)(F)Cl. The van der Waals surface area contributed by atoms with Crippen molar-refractivity contribution in [3.63, 3.8) is 0 Å². The minimum Gasteiger partial charge on any atom is -0.337 e. The number of halogens is 3. The quantitative estimate of drug-likeness (QED) is 0.613. The lowest BCUT2D eigenvalue weighted by atomic mass is 10.4. The van der Waals surface area contributed by atoms with E-state index in [0.29, 0.717) is 0 Å². The molecule has 0 aliphatic carbocycles. The fourth-order valence-corrected chi connectivity index (χ4v) is 0.810. The number of rotatable bonds is 3. The van der Waals surface area contributed by atoms with Crippen LogP contribution in [0.5, 0.6) is 0 Å². The van der Waals surface area contributed by atoms with E-state index in [1.54, 1.807) is 13.8 Å². The van der Waals surface area contributed by atoms with Gasteiger partial charge in [0.05, 0.1) is 0 Å². The molecule has 0 atom stereocenters. The van der Waals surface area contributed by atoms with E-state index in [1.165, 1.54) is 0 Å². The van der Waals surface area contributed by atoms with Gasteiger partial charge in [0.1, 0.15) is 0 Å². The highest BCUT2D eigenvalue weighted by Crippen LogP contribution is 2.21. The zero-order valence-electron chi connectivity index (χ0n) is 6.40. The van der Waals surface area contributed by atoms with Gasteiger partial charge in [-0.1, -0.05) is 0 Å². The molecule has 0 aliphatic rings. The van der Waals surface area contributed by atoms with E-state index in [0.717, 1.165) is 4.90 Å². The first kappa shape index (κ1) is 10.6. The summed E-state index contributed by atoms with van der Waals surface area (Å²) < 4.78 is 24.2. The molecule has 2 nitrogen and oxygen atoms in total. The zero-order valence-corrected chi connectivity index (χ0v) is 7.16. The summed E-state index contributed by atoms with van der Waals surface area (Å²) in [6, 6.07) is 0. The maximum atomic E-state index is 12.1. The molecule has 0 N–H and O–H groups in total. The number of carbonyl (C=O) groups is 1. The van der Waals surface area contributed by atoms with Crippen LogP contribution in [0.1, 0.15) is 13.8 Å². The molecule has 0 heterocycles. The molecule has 66 valence electrons. The minimum absolute atomic E-state index is 0.248. The average Bonchev–Trinajstić information content (AvgIpc) is 1.88. The molecule has 5 heteroatoms. The van der Waals surface area contributed by atoms with Crippen LogP contribution in [0.3, 0.4) is 0 Å². The maximum Gasteiger partial charge on any atom is 0.399 e. The lowest BCUT2D eigenvalue weighted by Crippen LogP contribution is -2.40. The van der Waals surface area contributed by atoms with Gasteiger partial charge >= 0.3 is 11.3 Å². The third-order valence-corrected chi connectivity index (χ3v) is 1.45. The molecule has 0 unspecified atom stereocenters. The van der Waals surface area contributed by atoms with Crippen molar-refractivity contribution in [2.24, 2.45) is 0 Å². The normalized spacial score (nSPS) is 11.4. The smallest absolute Gasteiger partial charge is 0.337 e. The van der Waals surface area contributed by atoms with E-state index in [2.05, 4.69) is 11.6 Å². The van der Waals surface area contributed by atoms with Crippen LogP contribution >= 0.6 is 11.6 Å². The van der Waals surface area contributed by atoms with Crippen LogP contribution in [0.25, 0.3) is 0 Å². The fraction of sp³-hybridized carbons (Fsp3) is 0.833. The van der Waals surface area contributed by atoms with E-state index in [-0.39, 0.29) is 13.1 Å². The van der Waals surface area contributed by atoms with E-state index >= 15 is 0 Å². The highest BCUT2D eigenvalue weighted by molar-refractivity contribution is 6.32. The van der Waals surface area contributed by atoms with Gasteiger partial charge in [-0.05, 0) is 25.4 Å². The van der Waals surface area contributed by atoms with E-state index in [9.17, 15) is 13.6 Å². The molecule has 0 saturated heterocycles. The van der Waals surface area contributed by atoms with Gasteiger partial charge < -0.3 is 4.90 Å². The Hall–Kier alpha value is -0.380. The van der Waals surface area contributed by atoms with E-state index < -0.39 is 11.3 Å². The second-order valence-corrected chi connectivity index (χ2v) is 2.45. The van der Waals surface area contributed by atoms with Crippen molar-refractivity contribution < 1.29 is 13.6 Å². The van der Waals surface area contributed by atoms with Crippen LogP contribution in [0.4, 0.5) is 8.78 Å². The molecule has 0 spiro atoms. The summed E-state index contributed by atoms with van der Waals surface area (Å²) >= 11 is 4.51. The number of hydrogen-bond donors (Lipinski definition) is 0. The van der Waals surface area contributed by atoms with Crippen molar-refractivity contribution in [1.29, 1.82) is 0 Å². The maximum absolute atomic E-state index is 12.1. The van der Waals surface area contributed by atoms with Crippen LogP contribution < -0.4 is 0 Å². The predicted molar refractivity (Wildman–Crippen MR) is 38.7 cm³/mol. The third-order valence-electron chi connectivity index (χ3n) is 1.29. The Morgan fingerprint density at radius 2 is 1.82 bits per heavy atom. The lowest BCUT2D eigenvalue weighted by molar-refractivity contribution is -0.146. The molecule has 0 aromatic rings. The second-order valence-electron chi connectivity index (χ2n) is 1.98. The Morgan fingerprint density at radius 1 is 1.45 bits per heavy atom. The Bertz CT molecular complexity index is 142. The van der Waals surface area contributed by atoms with Crippen molar-refractivity contribution in [2.45, 2.75) is 19.2 Å². The summed E-state index contributed by atoms with van der Waals surface area (Å²) in [4.78, 5) is 11.6. The monoisotopic (exact) mass is 185 g/mol. The zero-order chi connectivity index (χ0) is 9.07. The van der Waals surface area contributed by atoms with Gasteiger partial charge in [-0.25, -0.2) is 0 Å².